The lowest BCUT2D eigenvalue weighted by atomic mass is 10.0. The van der Waals surface area contributed by atoms with E-state index in [0.717, 1.165) is 17.5 Å². The van der Waals surface area contributed by atoms with Crippen LogP contribution in [0.2, 0.25) is 0 Å². The SMILES string of the molecule is CCOC(=O)C(CCCc1ccccc1)CP(=O)(O)C(C)NC(=O)OCc1ccccc1. The number of amides is 1. The lowest BCUT2D eigenvalue weighted by molar-refractivity contribution is -0.147. The van der Waals surface area contributed by atoms with E-state index in [9.17, 15) is 19.0 Å². The fraction of sp³-hybridized carbons (Fsp3) is 0.417. The summed E-state index contributed by atoms with van der Waals surface area (Å²) in [4.78, 5) is 35.1. The molecule has 0 radical (unpaired) electrons. The van der Waals surface area contributed by atoms with Gasteiger partial charge in [0.2, 0.25) is 7.37 Å². The van der Waals surface area contributed by atoms with E-state index in [-0.39, 0.29) is 19.4 Å². The van der Waals surface area contributed by atoms with E-state index in [1.165, 1.54) is 6.92 Å². The number of carbonyl (C=O) groups is 2. The smallest absolute Gasteiger partial charge is 0.408 e. The molecule has 1 amide bonds. The molecule has 174 valence electrons. The average Bonchev–Trinajstić information content (AvgIpc) is 2.78. The Kier molecular flexibility index (Phi) is 10.4. The van der Waals surface area contributed by atoms with Gasteiger partial charge in [-0.1, -0.05) is 60.7 Å². The van der Waals surface area contributed by atoms with Crippen LogP contribution in [-0.4, -0.2) is 35.5 Å². The largest absolute Gasteiger partial charge is 0.466 e. The first-order valence-electron chi connectivity index (χ1n) is 10.8. The molecule has 0 aliphatic heterocycles. The van der Waals surface area contributed by atoms with Crippen LogP contribution in [0.1, 0.15) is 37.8 Å². The van der Waals surface area contributed by atoms with Crippen molar-refractivity contribution in [3.05, 3.63) is 71.8 Å². The molecule has 32 heavy (non-hydrogen) atoms. The quantitative estimate of drug-likeness (QED) is 0.350. The molecular formula is C24H32NO6P. The summed E-state index contributed by atoms with van der Waals surface area (Å²) in [6.45, 7) is 3.39. The van der Waals surface area contributed by atoms with Crippen molar-refractivity contribution in [1.82, 2.24) is 5.32 Å². The summed E-state index contributed by atoms with van der Waals surface area (Å²) in [5, 5.41) is 2.42. The number of carbonyl (C=O) groups excluding carboxylic acids is 2. The maximum atomic E-state index is 13.0. The van der Waals surface area contributed by atoms with Gasteiger partial charge in [0.1, 0.15) is 12.4 Å². The minimum Gasteiger partial charge on any atom is -0.466 e. The number of alkyl carbamates (subject to hydrolysis) is 1. The molecule has 0 fully saturated rings. The van der Waals surface area contributed by atoms with Gasteiger partial charge in [-0.15, -0.1) is 0 Å². The van der Waals surface area contributed by atoms with Crippen LogP contribution in [0.3, 0.4) is 0 Å². The lowest BCUT2D eigenvalue weighted by Gasteiger charge is -2.24. The first kappa shape index (κ1) is 25.6. The van der Waals surface area contributed by atoms with Gasteiger partial charge in [-0.2, -0.15) is 0 Å². The van der Waals surface area contributed by atoms with Gasteiger partial charge in [-0.3, -0.25) is 9.36 Å². The highest BCUT2D eigenvalue weighted by Crippen LogP contribution is 2.47. The van der Waals surface area contributed by atoms with Crippen molar-refractivity contribution >= 4 is 19.4 Å². The molecule has 7 nitrogen and oxygen atoms in total. The number of hydrogen-bond donors (Lipinski definition) is 2. The normalized spacial score (nSPS) is 14.6. The molecule has 2 N–H and O–H groups in total. The van der Waals surface area contributed by atoms with E-state index < -0.39 is 31.1 Å². The second-order valence-electron chi connectivity index (χ2n) is 7.65. The van der Waals surface area contributed by atoms with E-state index in [1.54, 1.807) is 6.92 Å². The van der Waals surface area contributed by atoms with E-state index in [0.29, 0.717) is 12.8 Å². The monoisotopic (exact) mass is 461 g/mol. The van der Waals surface area contributed by atoms with Crippen molar-refractivity contribution in [2.45, 2.75) is 45.5 Å². The first-order chi connectivity index (χ1) is 15.3. The molecule has 2 aromatic rings. The van der Waals surface area contributed by atoms with Crippen LogP contribution in [0.5, 0.6) is 0 Å². The van der Waals surface area contributed by atoms with Gasteiger partial charge in [0, 0.05) is 6.16 Å². The van der Waals surface area contributed by atoms with Crippen LogP contribution in [0.4, 0.5) is 4.79 Å². The molecule has 0 aliphatic carbocycles. The highest BCUT2D eigenvalue weighted by Gasteiger charge is 2.35. The zero-order chi connectivity index (χ0) is 23.4. The molecule has 0 aliphatic rings. The number of rotatable bonds is 12. The van der Waals surface area contributed by atoms with Crippen molar-refractivity contribution in [3.8, 4) is 0 Å². The molecule has 8 heteroatoms. The fourth-order valence-corrected chi connectivity index (χ4v) is 4.84. The van der Waals surface area contributed by atoms with Crippen LogP contribution in [0, 0.1) is 5.92 Å². The van der Waals surface area contributed by atoms with Gasteiger partial charge in [-0.25, -0.2) is 4.79 Å². The Labute approximate surface area is 189 Å². The van der Waals surface area contributed by atoms with Crippen LogP contribution in [0.15, 0.2) is 60.7 Å². The average molecular weight is 461 g/mol. The fourth-order valence-electron chi connectivity index (χ4n) is 3.25. The number of benzene rings is 2. The Morgan fingerprint density at radius 3 is 2.19 bits per heavy atom. The minimum atomic E-state index is -3.89. The highest BCUT2D eigenvalue weighted by molar-refractivity contribution is 7.58. The van der Waals surface area contributed by atoms with Gasteiger partial charge in [0.15, 0.2) is 0 Å². The lowest BCUT2D eigenvalue weighted by Crippen LogP contribution is -2.35. The van der Waals surface area contributed by atoms with Gasteiger partial charge in [0.05, 0.1) is 12.5 Å². The molecule has 2 aromatic carbocycles. The number of esters is 1. The third kappa shape index (κ3) is 8.85. The van der Waals surface area contributed by atoms with E-state index in [4.69, 9.17) is 9.47 Å². The standard InChI is InChI=1S/C24H32NO6P/c1-3-30-23(26)22(16-10-15-20-11-6-4-7-12-20)18-32(28,29)19(2)25-24(27)31-17-21-13-8-5-9-14-21/h4-9,11-14,19,22H,3,10,15-18H2,1-2H3,(H,25,27)(H,28,29). The molecule has 0 aromatic heterocycles. The van der Waals surface area contributed by atoms with Gasteiger partial charge < -0.3 is 19.7 Å². The molecular weight excluding hydrogens is 429 g/mol. The summed E-state index contributed by atoms with van der Waals surface area (Å²) in [5.41, 5.74) is 1.95. The van der Waals surface area contributed by atoms with Crippen LogP contribution >= 0.6 is 7.37 Å². The number of ether oxygens (including phenoxy) is 2. The Balaban J connectivity index is 1.90. The molecule has 0 spiro atoms. The number of nitrogens with one attached hydrogen (secondary N) is 1. The molecule has 0 heterocycles. The van der Waals surface area contributed by atoms with E-state index in [2.05, 4.69) is 5.32 Å². The second-order valence-corrected chi connectivity index (χ2v) is 10.3. The Morgan fingerprint density at radius 2 is 1.59 bits per heavy atom. The maximum absolute atomic E-state index is 13.0. The summed E-state index contributed by atoms with van der Waals surface area (Å²) in [5.74, 6) is -2.27. The molecule has 3 atom stereocenters. The molecule has 0 saturated carbocycles. The Bertz CT molecular complexity index is 890. The van der Waals surface area contributed by atoms with Crippen LogP contribution in [0.25, 0.3) is 0 Å². The van der Waals surface area contributed by atoms with Crippen molar-refractivity contribution in [2.24, 2.45) is 5.92 Å². The first-order valence-corrected chi connectivity index (χ1v) is 12.7. The van der Waals surface area contributed by atoms with E-state index >= 15 is 0 Å². The van der Waals surface area contributed by atoms with Crippen molar-refractivity contribution in [1.29, 1.82) is 0 Å². The Hall–Kier alpha value is -2.63. The van der Waals surface area contributed by atoms with Crippen molar-refractivity contribution in [3.63, 3.8) is 0 Å². The predicted molar refractivity (Wildman–Crippen MR) is 123 cm³/mol. The summed E-state index contributed by atoms with van der Waals surface area (Å²) < 4.78 is 23.2. The minimum absolute atomic E-state index is 0.0556. The van der Waals surface area contributed by atoms with Crippen LogP contribution < -0.4 is 5.32 Å². The van der Waals surface area contributed by atoms with Crippen molar-refractivity contribution < 1.29 is 28.5 Å². The number of aryl methyl sites for hydroxylation is 1. The zero-order valence-corrected chi connectivity index (χ0v) is 19.5. The Morgan fingerprint density at radius 1 is 1.00 bits per heavy atom. The van der Waals surface area contributed by atoms with Crippen LogP contribution in [-0.2, 0) is 31.9 Å². The molecule has 2 rings (SSSR count). The van der Waals surface area contributed by atoms with Crippen molar-refractivity contribution in [2.75, 3.05) is 12.8 Å². The van der Waals surface area contributed by atoms with Gasteiger partial charge >= 0.3 is 12.1 Å². The third-order valence-corrected chi connectivity index (χ3v) is 7.41. The van der Waals surface area contributed by atoms with E-state index in [1.807, 2.05) is 60.7 Å². The molecule has 0 saturated heterocycles. The number of hydrogen-bond acceptors (Lipinski definition) is 5. The molecule has 0 bridgehead atoms. The maximum Gasteiger partial charge on any atom is 0.408 e. The summed E-state index contributed by atoms with van der Waals surface area (Å²) in [6.07, 6.45) is 0.803. The zero-order valence-electron chi connectivity index (χ0n) is 18.6. The van der Waals surface area contributed by atoms with Gasteiger partial charge in [0.25, 0.3) is 0 Å². The third-order valence-electron chi connectivity index (χ3n) is 5.11. The summed E-state index contributed by atoms with van der Waals surface area (Å²) in [7, 11) is -3.89. The summed E-state index contributed by atoms with van der Waals surface area (Å²) in [6, 6.07) is 19.0. The second kappa shape index (κ2) is 13.0. The topological polar surface area (TPSA) is 102 Å². The molecule has 3 unspecified atom stereocenters. The highest BCUT2D eigenvalue weighted by atomic mass is 31.2. The summed E-state index contributed by atoms with van der Waals surface area (Å²) >= 11 is 0. The predicted octanol–water partition coefficient (Wildman–Crippen LogP) is 4.73. The van der Waals surface area contributed by atoms with Gasteiger partial charge in [-0.05, 0) is 44.2 Å².